The number of nitrogens with zero attached hydrogens (tertiary/aromatic N) is 2. The minimum Gasteiger partial charge on any atom is -0.268 e. The van der Waals surface area contributed by atoms with Gasteiger partial charge < -0.3 is 0 Å². The van der Waals surface area contributed by atoms with Crippen LogP contribution in [0.5, 0.6) is 0 Å². The first-order valence-electron chi connectivity index (χ1n) is 7.39. The van der Waals surface area contributed by atoms with E-state index in [0.29, 0.717) is 5.52 Å². The van der Waals surface area contributed by atoms with Gasteiger partial charge in [-0.3, -0.25) is 13.6 Å². The molecular formula is C17H12F4N2O2S. The zero-order valence-corrected chi connectivity index (χ0v) is 14.2. The summed E-state index contributed by atoms with van der Waals surface area (Å²) in [5, 5.41) is 0.230. The van der Waals surface area contributed by atoms with Crippen molar-refractivity contribution >= 4 is 21.7 Å². The van der Waals surface area contributed by atoms with Crippen LogP contribution in [0.2, 0.25) is 0 Å². The molecule has 1 aromatic heterocycles. The number of hydrogen-bond acceptors (Lipinski definition) is 3. The summed E-state index contributed by atoms with van der Waals surface area (Å²) in [7, 11) is -2.42. The third-order valence-corrected chi connectivity index (χ3v) is 5.23. The quantitative estimate of drug-likeness (QED) is 0.650. The number of fused-ring (bicyclic) bond motifs is 1. The highest BCUT2D eigenvalue weighted by molar-refractivity contribution is 7.85. The fourth-order valence-electron chi connectivity index (χ4n) is 2.54. The van der Waals surface area contributed by atoms with Crippen LogP contribution in [0.25, 0.3) is 16.6 Å². The summed E-state index contributed by atoms with van der Waals surface area (Å²) in [4.78, 5) is 16.5. The molecule has 0 saturated carbocycles. The van der Waals surface area contributed by atoms with Gasteiger partial charge in [0.05, 0.1) is 27.4 Å². The fourth-order valence-corrected chi connectivity index (χ4v) is 3.65. The number of rotatable bonds is 3. The van der Waals surface area contributed by atoms with E-state index in [1.54, 1.807) is 18.2 Å². The van der Waals surface area contributed by atoms with E-state index in [1.807, 2.05) is 0 Å². The van der Waals surface area contributed by atoms with Gasteiger partial charge in [-0.15, -0.1) is 0 Å². The van der Waals surface area contributed by atoms with Gasteiger partial charge in [0.2, 0.25) is 0 Å². The van der Waals surface area contributed by atoms with Gasteiger partial charge in [-0.25, -0.2) is 9.37 Å². The molecule has 1 unspecified atom stereocenters. The Labute approximate surface area is 147 Å². The van der Waals surface area contributed by atoms with Crippen molar-refractivity contribution in [2.75, 3.05) is 5.75 Å². The van der Waals surface area contributed by atoms with Gasteiger partial charge in [0.1, 0.15) is 17.9 Å². The van der Waals surface area contributed by atoms with E-state index in [0.717, 1.165) is 23.0 Å². The summed E-state index contributed by atoms with van der Waals surface area (Å²) < 4.78 is 64.9. The molecule has 9 heteroatoms. The largest absolute Gasteiger partial charge is 0.400 e. The van der Waals surface area contributed by atoms with Crippen molar-refractivity contribution in [1.82, 2.24) is 9.55 Å². The molecular weight excluding hydrogens is 372 g/mol. The van der Waals surface area contributed by atoms with Crippen LogP contribution in [0.15, 0.2) is 52.4 Å². The minimum absolute atomic E-state index is 0.107. The molecule has 0 saturated heterocycles. The Morgan fingerprint density at radius 2 is 1.88 bits per heavy atom. The van der Waals surface area contributed by atoms with Crippen molar-refractivity contribution in [3.63, 3.8) is 0 Å². The maximum absolute atomic E-state index is 14.4. The smallest absolute Gasteiger partial charge is 0.268 e. The van der Waals surface area contributed by atoms with Crippen molar-refractivity contribution in [2.24, 2.45) is 0 Å². The molecule has 0 aliphatic heterocycles. The maximum atomic E-state index is 14.4. The van der Waals surface area contributed by atoms with Crippen LogP contribution in [0.4, 0.5) is 17.6 Å². The standard InChI is InChI=1S/C17H12F4N2O2S/c1-10-6-12(18)14(7-15(10)26(25)8-17(19,20)21)23-9-22-13-5-3-2-4-11(13)16(23)24/h2-7,9H,8H2,1H3. The number of aromatic nitrogens is 2. The van der Waals surface area contributed by atoms with Crippen LogP contribution in [0.3, 0.4) is 0 Å². The predicted molar refractivity (Wildman–Crippen MR) is 89.4 cm³/mol. The Morgan fingerprint density at radius 1 is 1.19 bits per heavy atom. The Kier molecular flexibility index (Phi) is 4.66. The van der Waals surface area contributed by atoms with Crippen LogP contribution < -0.4 is 5.56 Å². The number of para-hydroxylation sites is 1. The third kappa shape index (κ3) is 3.52. The van der Waals surface area contributed by atoms with E-state index in [2.05, 4.69) is 4.98 Å². The maximum Gasteiger partial charge on any atom is 0.400 e. The van der Waals surface area contributed by atoms with Crippen molar-refractivity contribution in [2.45, 2.75) is 18.0 Å². The summed E-state index contributed by atoms with van der Waals surface area (Å²) in [6.45, 7) is 1.36. The molecule has 0 spiro atoms. The number of halogens is 4. The molecule has 0 bridgehead atoms. The second-order valence-corrected chi connectivity index (χ2v) is 7.03. The molecule has 0 fully saturated rings. The normalized spacial score (nSPS) is 13.1. The van der Waals surface area contributed by atoms with Gasteiger partial charge in [0, 0.05) is 4.90 Å². The van der Waals surface area contributed by atoms with Crippen molar-refractivity contribution < 1.29 is 21.8 Å². The molecule has 2 aromatic carbocycles. The Bertz CT molecular complexity index is 1080. The lowest BCUT2D eigenvalue weighted by atomic mass is 10.2. The molecule has 26 heavy (non-hydrogen) atoms. The van der Waals surface area contributed by atoms with Gasteiger partial charge in [0.25, 0.3) is 5.56 Å². The van der Waals surface area contributed by atoms with Crippen molar-refractivity contribution in [1.29, 1.82) is 0 Å². The summed E-state index contributed by atoms with van der Waals surface area (Å²) in [5.74, 6) is -2.38. The molecule has 0 aliphatic rings. The van der Waals surface area contributed by atoms with Crippen LogP contribution >= 0.6 is 0 Å². The van der Waals surface area contributed by atoms with E-state index in [9.17, 15) is 26.6 Å². The average Bonchev–Trinajstić information content (AvgIpc) is 2.54. The summed E-state index contributed by atoms with van der Waals surface area (Å²) in [5.41, 5.74) is -0.368. The van der Waals surface area contributed by atoms with Crippen LogP contribution in [-0.2, 0) is 10.8 Å². The highest BCUT2D eigenvalue weighted by Crippen LogP contribution is 2.25. The van der Waals surface area contributed by atoms with E-state index in [-0.39, 0.29) is 21.5 Å². The molecule has 3 aromatic rings. The third-order valence-electron chi connectivity index (χ3n) is 3.71. The van der Waals surface area contributed by atoms with E-state index in [4.69, 9.17) is 0 Å². The van der Waals surface area contributed by atoms with Crippen LogP contribution in [0.1, 0.15) is 5.56 Å². The molecule has 0 aliphatic carbocycles. The fraction of sp³-hybridized carbons (Fsp3) is 0.176. The predicted octanol–water partition coefficient (Wildman–Crippen LogP) is 3.50. The first kappa shape index (κ1) is 18.2. The minimum atomic E-state index is -4.63. The molecule has 1 atom stereocenters. The number of aryl methyl sites for hydroxylation is 1. The van der Waals surface area contributed by atoms with Crippen molar-refractivity contribution in [3.8, 4) is 5.69 Å². The van der Waals surface area contributed by atoms with Gasteiger partial charge in [-0.1, -0.05) is 12.1 Å². The Hall–Kier alpha value is -2.55. The molecule has 3 rings (SSSR count). The highest BCUT2D eigenvalue weighted by atomic mass is 32.2. The summed E-state index contributed by atoms with van der Waals surface area (Å²) in [6, 6.07) is 8.38. The topological polar surface area (TPSA) is 52.0 Å². The highest BCUT2D eigenvalue weighted by Gasteiger charge is 2.32. The lowest BCUT2D eigenvalue weighted by Crippen LogP contribution is -2.22. The molecule has 0 amide bonds. The number of alkyl halides is 3. The van der Waals surface area contributed by atoms with E-state index >= 15 is 0 Å². The van der Waals surface area contributed by atoms with E-state index in [1.165, 1.54) is 13.0 Å². The van der Waals surface area contributed by atoms with E-state index < -0.39 is 34.1 Å². The molecule has 0 radical (unpaired) electrons. The second-order valence-electron chi connectivity index (χ2n) is 5.61. The monoisotopic (exact) mass is 384 g/mol. The lowest BCUT2D eigenvalue weighted by Gasteiger charge is -2.13. The van der Waals surface area contributed by atoms with Gasteiger partial charge >= 0.3 is 6.18 Å². The zero-order chi connectivity index (χ0) is 19.1. The molecule has 136 valence electrons. The Balaban J connectivity index is 2.17. The first-order valence-corrected chi connectivity index (χ1v) is 8.71. The zero-order valence-electron chi connectivity index (χ0n) is 13.4. The second kappa shape index (κ2) is 6.64. The molecule has 4 nitrogen and oxygen atoms in total. The SMILES string of the molecule is Cc1cc(F)c(-n2cnc3ccccc3c2=O)cc1S(=O)CC(F)(F)F. The van der Waals surface area contributed by atoms with Crippen LogP contribution in [0, 0.1) is 12.7 Å². The summed E-state index contributed by atoms with van der Waals surface area (Å²) >= 11 is 0. The summed E-state index contributed by atoms with van der Waals surface area (Å²) in [6.07, 6.45) is -3.54. The number of benzene rings is 2. The van der Waals surface area contributed by atoms with Gasteiger partial charge in [0.15, 0.2) is 0 Å². The van der Waals surface area contributed by atoms with Crippen molar-refractivity contribution in [3.05, 3.63) is 64.5 Å². The average molecular weight is 384 g/mol. The molecule has 0 N–H and O–H groups in total. The molecule has 1 heterocycles. The Morgan fingerprint density at radius 3 is 2.58 bits per heavy atom. The van der Waals surface area contributed by atoms with Gasteiger partial charge in [-0.05, 0) is 36.8 Å². The van der Waals surface area contributed by atoms with Gasteiger partial charge in [-0.2, -0.15) is 13.2 Å². The first-order chi connectivity index (χ1) is 12.2. The number of hydrogen-bond donors (Lipinski definition) is 0. The lowest BCUT2D eigenvalue weighted by molar-refractivity contribution is -0.105. The van der Waals surface area contributed by atoms with Crippen LogP contribution in [-0.4, -0.2) is 25.7 Å².